The van der Waals surface area contributed by atoms with Crippen LogP contribution in [0.15, 0.2) is 36.5 Å². The fourth-order valence-electron chi connectivity index (χ4n) is 2.36. The highest BCUT2D eigenvalue weighted by atomic mass is 16.5. The topological polar surface area (TPSA) is 42.4 Å². The van der Waals surface area contributed by atoms with E-state index in [9.17, 15) is 4.79 Å². The smallest absolute Gasteiger partial charge is 0.222 e. The number of likely N-dealkylation sites (tertiary alicyclic amines) is 1. The van der Waals surface area contributed by atoms with Gasteiger partial charge in [-0.15, -0.1) is 0 Å². The maximum Gasteiger partial charge on any atom is 0.222 e. The van der Waals surface area contributed by atoms with Gasteiger partial charge in [0.15, 0.2) is 0 Å². The second-order valence-corrected chi connectivity index (χ2v) is 4.69. The molecule has 0 unspecified atom stereocenters. The number of carbonyl (C=O) groups is 1. The molecule has 1 aromatic carbocycles. The third-order valence-electron chi connectivity index (χ3n) is 3.38. The minimum absolute atomic E-state index is 0.242. The summed E-state index contributed by atoms with van der Waals surface area (Å²) < 4.78 is 5.70. The molecule has 0 bridgehead atoms. The quantitative estimate of drug-likeness (QED) is 0.842. The van der Waals surface area contributed by atoms with Gasteiger partial charge in [-0.3, -0.25) is 9.78 Å². The molecule has 4 nitrogen and oxygen atoms in total. The molecule has 0 spiro atoms. The highest BCUT2D eigenvalue weighted by molar-refractivity contribution is 5.79. The molecule has 0 atom stereocenters. The highest BCUT2D eigenvalue weighted by Gasteiger charge is 2.19. The number of nitrogens with zero attached hydrogens (tertiary/aromatic N) is 2. The maximum absolute atomic E-state index is 11.5. The number of ether oxygens (including phenoxy) is 1. The first-order valence-electron chi connectivity index (χ1n) is 6.58. The van der Waals surface area contributed by atoms with Crippen molar-refractivity contribution in [3.63, 3.8) is 0 Å². The molecule has 1 saturated heterocycles. The molecule has 98 valence electrons. The van der Waals surface area contributed by atoms with Crippen molar-refractivity contribution in [3.8, 4) is 5.75 Å². The summed E-state index contributed by atoms with van der Waals surface area (Å²) >= 11 is 0. The molecule has 1 amide bonds. The predicted octanol–water partition coefficient (Wildman–Crippen LogP) is 2.24. The Morgan fingerprint density at radius 2 is 2.26 bits per heavy atom. The molecule has 3 rings (SSSR count). The summed E-state index contributed by atoms with van der Waals surface area (Å²) in [5, 5.41) is 1.07. The first-order chi connectivity index (χ1) is 9.33. The number of rotatable bonds is 4. The van der Waals surface area contributed by atoms with Gasteiger partial charge in [0.1, 0.15) is 12.4 Å². The molecule has 4 heteroatoms. The molecular weight excluding hydrogens is 240 g/mol. The fourth-order valence-corrected chi connectivity index (χ4v) is 2.36. The van der Waals surface area contributed by atoms with Crippen molar-refractivity contribution in [3.05, 3.63) is 36.5 Å². The zero-order valence-electron chi connectivity index (χ0n) is 10.7. The van der Waals surface area contributed by atoms with Crippen LogP contribution in [0.4, 0.5) is 0 Å². The average molecular weight is 256 g/mol. The summed E-state index contributed by atoms with van der Waals surface area (Å²) in [5.41, 5.74) is 0.963. The van der Waals surface area contributed by atoms with Crippen LogP contribution in [-0.2, 0) is 4.79 Å². The average Bonchev–Trinajstić information content (AvgIpc) is 2.84. The van der Waals surface area contributed by atoms with Crippen molar-refractivity contribution in [1.82, 2.24) is 9.88 Å². The number of aromatic nitrogens is 1. The van der Waals surface area contributed by atoms with Crippen LogP contribution in [0.5, 0.6) is 5.75 Å². The summed E-state index contributed by atoms with van der Waals surface area (Å²) in [5.74, 6) is 1.07. The zero-order valence-corrected chi connectivity index (χ0v) is 10.7. The summed E-state index contributed by atoms with van der Waals surface area (Å²) in [4.78, 5) is 17.6. The van der Waals surface area contributed by atoms with Gasteiger partial charge in [0.25, 0.3) is 0 Å². The van der Waals surface area contributed by atoms with Gasteiger partial charge in [0.05, 0.1) is 12.1 Å². The maximum atomic E-state index is 11.5. The lowest BCUT2D eigenvalue weighted by Gasteiger charge is -2.15. The van der Waals surface area contributed by atoms with Crippen molar-refractivity contribution < 1.29 is 9.53 Å². The van der Waals surface area contributed by atoms with Gasteiger partial charge in [0.2, 0.25) is 5.91 Å². The van der Waals surface area contributed by atoms with Gasteiger partial charge < -0.3 is 9.64 Å². The van der Waals surface area contributed by atoms with E-state index < -0.39 is 0 Å². The molecular formula is C15H16N2O2. The molecule has 0 aliphatic carbocycles. The number of pyridine rings is 1. The lowest BCUT2D eigenvalue weighted by molar-refractivity contribution is -0.128. The van der Waals surface area contributed by atoms with Gasteiger partial charge in [0, 0.05) is 24.5 Å². The van der Waals surface area contributed by atoms with E-state index in [-0.39, 0.29) is 5.91 Å². The molecule has 19 heavy (non-hydrogen) atoms. The highest BCUT2D eigenvalue weighted by Crippen LogP contribution is 2.19. The van der Waals surface area contributed by atoms with Crippen molar-refractivity contribution >= 4 is 16.8 Å². The van der Waals surface area contributed by atoms with Crippen LogP contribution in [0, 0.1) is 0 Å². The Hall–Kier alpha value is -2.10. The van der Waals surface area contributed by atoms with E-state index in [0.29, 0.717) is 19.6 Å². The van der Waals surface area contributed by atoms with Gasteiger partial charge in [-0.05, 0) is 30.7 Å². The van der Waals surface area contributed by atoms with Crippen LogP contribution >= 0.6 is 0 Å². The van der Waals surface area contributed by atoms with Crippen molar-refractivity contribution in [1.29, 1.82) is 0 Å². The lowest BCUT2D eigenvalue weighted by Crippen LogP contribution is -2.29. The fraction of sp³-hybridized carbons (Fsp3) is 0.333. The Labute approximate surface area is 112 Å². The Bertz CT molecular complexity index is 597. The number of hydrogen-bond donors (Lipinski definition) is 0. The van der Waals surface area contributed by atoms with E-state index in [0.717, 1.165) is 29.6 Å². The standard InChI is InChI=1S/C15H16N2O2/c18-15-4-2-8-17(15)9-10-19-13-5-6-14-12(11-13)3-1-7-16-14/h1,3,5-7,11H,2,4,8-10H2. The Kier molecular flexibility index (Phi) is 3.31. The number of carbonyl (C=O) groups excluding carboxylic acids is 1. The second-order valence-electron chi connectivity index (χ2n) is 4.69. The van der Waals surface area contributed by atoms with Crippen molar-refractivity contribution in [2.45, 2.75) is 12.8 Å². The van der Waals surface area contributed by atoms with Gasteiger partial charge >= 0.3 is 0 Å². The molecule has 0 N–H and O–H groups in total. The third kappa shape index (κ3) is 2.67. The monoisotopic (exact) mass is 256 g/mol. The summed E-state index contributed by atoms with van der Waals surface area (Å²) in [6, 6.07) is 9.77. The summed E-state index contributed by atoms with van der Waals surface area (Å²) in [6.07, 6.45) is 3.43. The van der Waals surface area contributed by atoms with E-state index in [1.54, 1.807) is 6.20 Å². The van der Waals surface area contributed by atoms with Gasteiger partial charge in [-0.25, -0.2) is 0 Å². The minimum atomic E-state index is 0.242. The lowest BCUT2D eigenvalue weighted by atomic mass is 10.2. The molecule has 1 aliphatic heterocycles. The Morgan fingerprint density at radius 1 is 1.32 bits per heavy atom. The molecule has 1 fully saturated rings. The van der Waals surface area contributed by atoms with E-state index in [1.165, 1.54) is 0 Å². The Balaban J connectivity index is 1.60. The summed E-state index contributed by atoms with van der Waals surface area (Å²) in [6.45, 7) is 2.07. The normalized spacial score (nSPS) is 15.2. The van der Waals surface area contributed by atoms with E-state index in [4.69, 9.17) is 4.74 Å². The van der Waals surface area contributed by atoms with Gasteiger partial charge in [-0.1, -0.05) is 6.07 Å². The molecule has 0 radical (unpaired) electrons. The van der Waals surface area contributed by atoms with Crippen LogP contribution in [0.3, 0.4) is 0 Å². The van der Waals surface area contributed by atoms with Crippen molar-refractivity contribution in [2.75, 3.05) is 19.7 Å². The first kappa shape index (κ1) is 12.0. The van der Waals surface area contributed by atoms with Crippen LogP contribution in [-0.4, -0.2) is 35.5 Å². The number of fused-ring (bicyclic) bond motifs is 1. The third-order valence-corrected chi connectivity index (χ3v) is 3.38. The van der Waals surface area contributed by atoms with Crippen LogP contribution < -0.4 is 4.74 Å². The van der Waals surface area contributed by atoms with E-state index in [2.05, 4.69) is 4.98 Å². The first-order valence-corrected chi connectivity index (χ1v) is 6.58. The minimum Gasteiger partial charge on any atom is -0.492 e. The van der Waals surface area contributed by atoms with Crippen molar-refractivity contribution in [2.24, 2.45) is 0 Å². The van der Waals surface area contributed by atoms with Crippen LogP contribution in [0.25, 0.3) is 10.9 Å². The predicted molar refractivity (Wildman–Crippen MR) is 73.1 cm³/mol. The Morgan fingerprint density at radius 3 is 3.11 bits per heavy atom. The summed E-state index contributed by atoms with van der Waals surface area (Å²) in [7, 11) is 0. The number of amides is 1. The van der Waals surface area contributed by atoms with Crippen LogP contribution in [0.1, 0.15) is 12.8 Å². The molecule has 0 saturated carbocycles. The van der Waals surface area contributed by atoms with Crippen LogP contribution in [0.2, 0.25) is 0 Å². The molecule has 2 heterocycles. The van der Waals surface area contributed by atoms with E-state index >= 15 is 0 Å². The SMILES string of the molecule is O=C1CCCN1CCOc1ccc2ncccc2c1. The molecule has 1 aliphatic rings. The van der Waals surface area contributed by atoms with E-state index in [1.807, 2.05) is 35.2 Å². The number of hydrogen-bond acceptors (Lipinski definition) is 3. The second kappa shape index (κ2) is 5.26. The zero-order chi connectivity index (χ0) is 13.1. The largest absolute Gasteiger partial charge is 0.492 e. The van der Waals surface area contributed by atoms with Gasteiger partial charge in [-0.2, -0.15) is 0 Å². The molecule has 2 aromatic rings. The number of benzene rings is 1. The molecule has 1 aromatic heterocycles.